The first kappa shape index (κ1) is 22.3. The molecule has 1 aromatic heterocycles. The van der Waals surface area contributed by atoms with Gasteiger partial charge in [-0.3, -0.25) is 4.79 Å². The molecule has 2 aromatic rings. The van der Waals surface area contributed by atoms with E-state index in [2.05, 4.69) is 0 Å². The van der Waals surface area contributed by atoms with Gasteiger partial charge < -0.3 is 4.74 Å². The van der Waals surface area contributed by atoms with Gasteiger partial charge in [0.05, 0.1) is 17.4 Å². The van der Waals surface area contributed by atoms with E-state index in [0.29, 0.717) is 12.3 Å². The Morgan fingerprint density at radius 1 is 1.28 bits per heavy atom. The lowest BCUT2D eigenvalue weighted by Gasteiger charge is -2.13. The lowest BCUT2D eigenvalue weighted by molar-refractivity contribution is -0.145. The molecule has 2 unspecified atom stereocenters. The van der Waals surface area contributed by atoms with Crippen molar-refractivity contribution in [1.29, 1.82) is 0 Å². The molecular weight excluding hydrogens is 426 g/mol. The molecule has 1 aliphatic rings. The molecule has 1 heterocycles. The molecule has 0 N–H and O–H groups in total. The number of hydrogen-bond acceptors (Lipinski definition) is 6. The van der Waals surface area contributed by atoms with Gasteiger partial charge in [-0.15, -0.1) is 0 Å². The van der Waals surface area contributed by atoms with Gasteiger partial charge in [-0.05, 0) is 54.3 Å². The van der Waals surface area contributed by atoms with E-state index < -0.39 is 10.0 Å². The summed E-state index contributed by atoms with van der Waals surface area (Å²) in [4.78, 5) is 12.4. The smallest absolute Gasteiger partial charge is 0.309 e. The predicted octanol–water partition coefficient (Wildman–Crippen LogP) is 4.58. The Hall–Kier alpha value is -1.38. The van der Waals surface area contributed by atoms with Gasteiger partial charge in [0.1, 0.15) is 0 Å². The first-order chi connectivity index (χ1) is 13.8. The van der Waals surface area contributed by atoms with Gasteiger partial charge in [-0.1, -0.05) is 47.6 Å². The van der Waals surface area contributed by atoms with Crippen molar-refractivity contribution in [2.75, 3.05) is 18.6 Å². The lowest BCUT2D eigenvalue weighted by Crippen LogP contribution is -2.16. The maximum absolute atomic E-state index is 13.0. The van der Waals surface area contributed by atoms with Crippen molar-refractivity contribution in [3.05, 3.63) is 53.9 Å². The average Bonchev–Trinajstić information content (AvgIpc) is 3.29. The largest absolute Gasteiger partial charge is 0.465 e. The average molecular weight is 454 g/mol. The quantitative estimate of drug-likeness (QED) is 0.387. The minimum atomic E-state index is -3.65. The summed E-state index contributed by atoms with van der Waals surface area (Å²) in [6.07, 6.45) is 5.03. The van der Waals surface area contributed by atoms with Crippen LogP contribution in [0.4, 0.5) is 0 Å². The molecular formula is C21H27NO4S3. The number of esters is 1. The van der Waals surface area contributed by atoms with E-state index in [0.717, 1.165) is 23.4 Å². The van der Waals surface area contributed by atoms with Crippen LogP contribution in [-0.2, 0) is 26.0 Å². The molecule has 1 fully saturated rings. The number of rotatable bonds is 10. The summed E-state index contributed by atoms with van der Waals surface area (Å²) in [5, 5.41) is 0. The molecule has 1 aromatic carbocycles. The monoisotopic (exact) mass is 453 g/mol. The minimum Gasteiger partial charge on any atom is -0.465 e. The van der Waals surface area contributed by atoms with E-state index in [-0.39, 0.29) is 29.3 Å². The highest BCUT2D eigenvalue weighted by atomic mass is 33.1. The third-order valence-electron chi connectivity index (χ3n) is 5.05. The Balaban J connectivity index is 1.60. The number of ether oxygens (including phenoxy) is 1. The third kappa shape index (κ3) is 5.41. The number of hydrogen-bond donors (Lipinski definition) is 0. The van der Waals surface area contributed by atoms with Gasteiger partial charge >= 0.3 is 5.97 Å². The summed E-state index contributed by atoms with van der Waals surface area (Å²) in [7, 11) is -0.157. The molecule has 0 bridgehead atoms. The van der Waals surface area contributed by atoms with Crippen LogP contribution in [0.5, 0.6) is 0 Å². The number of carbonyl (C=O) groups is 1. The second-order valence-corrected chi connectivity index (χ2v) is 11.9. The normalized spacial score (nSPS) is 18.8. The maximum atomic E-state index is 13.0. The second-order valence-electron chi connectivity index (χ2n) is 7.51. The SMILES string of the molecule is CSSCC1CC1C(=O)OCCc1cccc(S(=O)(=O)n2cccc2C(C)C)c1. The Morgan fingerprint density at radius 3 is 2.79 bits per heavy atom. The highest BCUT2D eigenvalue weighted by Gasteiger charge is 2.43. The molecule has 8 heteroatoms. The predicted molar refractivity (Wildman–Crippen MR) is 120 cm³/mol. The number of aromatic nitrogens is 1. The number of nitrogens with zero attached hydrogens (tertiary/aromatic N) is 1. The fourth-order valence-corrected chi connectivity index (χ4v) is 6.44. The molecule has 0 amide bonds. The lowest BCUT2D eigenvalue weighted by atomic mass is 10.1. The number of benzene rings is 1. The van der Waals surface area contributed by atoms with Gasteiger partial charge in [-0.2, -0.15) is 0 Å². The minimum absolute atomic E-state index is 0.0320. The molecule has 29 heavy (non-hydrogen) atoms. The zero-order chi connectivity index (χ0) is 21.0. The molecule has 158 valence electrons. The molecule has 5 nitrogen and oxygen atoms in total. The van der Waals surface area contributed by atoms with E-state index in [9.17, 15) is 13.2 Å². The van der Waals surface area contributed by atoms with Crippen molar-refractivity contribution in [2.45, 2.75) is 37.5 Å². The van der Waals surface area contributed by atoms with Gasteiger partial charge in [0, 0.05) is 24.1 Å². The number of carbonyl (C=O) groups excluding carboxylic acids is 1. The molecule has 0 aliphatic heterocycles. The van der Waals surface area contributed by atoms with E-state index in [4.69, 9.17) is 4.74 Å². The molecule has 2 atom stereocenters. The van der Waals surface area contributed by atoms with E-state index in [1.807, 2.05) is 32.2 Å². The Bertz CT molecular complexity index is 952. The fourth-order valence-electron chi connectivity index (χ4n) is 3.27. The van der Waals surface area contributed by atoms with Crippen molar-refractivity contribution < 1.29 is 17.9 Å². The molecule has 1 aliphatic carbocycles. The summed E-state index contributed by atoms with van der Waals surface area (Å²) in [5.74, 6) is 1.42. The topological polar surface area (TPSA) is 65.4 Å². The van der Waals surface area contributed by atoms with Crippen molar-refractivity contribution in [1.82, 2.24) is 3.97 Å². The van der Waals surface area contributed by atoms with Crippen LogP contribution in [0.2, 0.25) is 0 Å². The molecule has 0 radical (unpaired) electrons. The van der Waals surface area contributed by atoms with Crippen molar-refractivity contribution in [2.24, 2.45) is 11.8 Å². The van der Waals surface area contributed by atoms with Crippen LogP contribution in [0.25, 0.3) is 0 Å². The van der Waals surface area contributed by atoms with E-state index >= 15 is 0 Å². The van der Waals surface area contributed by atoms with Gasteiger partial charge in [0.2, 0.25) is 0 Å². The van der Waals surface area contributed by atoms with Gasteiger partial charge in [0.25, 0.3) is 10.0 Å². The van der Waals surface area contributed by atoms with E-state index in [1.54, 1.807) is 52.1 Å². The van der Waals surface area contributed by atoms with Crippen LogP contribution in [0.3, 0.4) is 0 Å². The van der Waals surface area contributed by atoms with Crippen molar-refractivity contribution in [3.8, 4) is 0 Å². The molecule has 1 saturated carbocycles. The molecule has 3 rings (SSSR count). The summed E-state index contributed by atoms with van der Waals surface area (Å²) in [6, 6.07) is 10.4. The standard InChI is InChI=1S/C21H27NO4S3/c1-15(2)20-8-5-10-22(20)29(24,25)18-7-4-6-16(12-18)9-11-26-21(23)19-13-17(19)14-28-27-3/h4-8,10,12,15,17,19H,9,11,13-14H2,1-3H3. The summed E-state index contributed by atoms with van der Waals surface area (Å²) in [5.41, 5.74) is 1.59. The molecule has 0 saturated heterocycles. The first-order valence-electron chi connectivity index (χ1n) is 9.68. The Kier molecular flexibility index (Phi) is 7.40. The van der Waals surface area contributed by atoms with Crippen LogP contribution in [0.15, 0.2) is 47.5 Å². The van der Waals surface area contributed by atoms with Crippen molar-refractivity contribution in [3.63, 3.8) is 0 Å². The van der Waals surface area contributed by atoms with Crippen LogP contribution in [-0.4, -0.2) is 37.0 Å². The Morgan fingerprint density at radius 2 is 2.07 bits per heavy atom. The zero-order valence-electron chi connectivity index (χ0n) is 16.9. The summed E-state index contributed by atoms with van der Waals surface area (Å²) >= 11 is 0. The van der Waals surface area contributed by atoms with Gasteiger partial charge in [-0.25, -0.2) is 12.4 Å². The second kappa shape index (κ2) is 9.62. The van der Waals surface area contributed by atoms with Gasteiger partial charge in [0.15, 0.2) is 0 Å². The van der Waals surface area contributed by atoms with Crippen LogP contribution >= 0.6 is 21.6 Å². The highest BCUT2D eigenvalue weighted by Crippen LogP contribution is 2.43. The summed E-state index contributed by atoms with van der Waals surface area (Å²) in [6.45, 7) is 4.20. The zero-order valence-corrected chi connectivity index (χ0v) is 19.4. The van der Waals surface area contributed by atoms with E-state index in [1.165, 1.54) is 3.97 Å². The maximum Gasteiger partial charge on any atom is 0.309 e. The molecule has 0 spiro atoms. The van der Waals surface area contributed by atoms with Crippen LogP contribution in [0, 0.1) is 11.8 Å². The summed E-state index contributed by atoms with van der Waals surface area (Å²) < 4.78 is 32.9. The highest BCUT2D eigenvalue weighted by molar-refractivity contribution is 8.76. The van der Waals surface area contributed by atoms with Crippen LogP contribution in [0.1, 0.15) is 37.4 Å². The van der Waals surface area contributed by atoms with Crippen LogP contribution < -0.4 is 0 Å². The fraction of sp³-hybridized carbons (Fsp3) is 0.476. The van der Waals surface area contributed by atoms with Crippen molar-refractivity contribution >= 4 is 37.6 Å². The Labute approximate surface area is 181 Å². The first-order valence-corrected chi connectivity index (χ1v) is 13.8. The third-order valence-corrected chi connectivity index (χ3v) is 8.67.